The molecule has 0 atom stereocenters. The summed E-state index contributed by atoms with van der Waals surface area (Å²) in [6, 6.07) is 19.7. The smallest absolute Gasteiger partial charge is 0.140 e. The van der Waals surface area contributed by atoms with Gasteiger partial charge in [-0.2, -0.15) is 0 Å². The van der Waals surface area contributed by atoms with Crippen molar-refractivity contribution in [3.05, 3.63) is 66.2 Å². The second kappa shape index (κ2) is 5.59. The standard InChI is InChI=1S/C16H15N3O/c17-19-16-9-7-13-6-8-14(10-15(13)18-16)20-11-12-4-2-1-3-5-12/h1-10H,11,17H2,(H,18,19). The number of hydrogen-bond donors (Lipinski definition) is 2. The summed E-state index contributed by atoms with van der Waals surface area (Å²) in [5.74, 6) is 6.80. The normalized spacial score (nSPS) is 10.4. The summed E-state index contributed by atoms with van der Waals surface area (Å²) in [6.45, 7) is 0.543. The van der Waals surface area contributed by atoms with Crippen LogP contribution in [0.2, 0.25) is 0 Å². The van der Waals surface area contributed by atoms with Crippen molar-refractivity contribution in [2.45, 2.75) is 6.61 Å². The lowest BCUT2D eigenvalue weighted by Crippen LogP contribution is -2.08. The number of pyridine rings is 1. The van der Waals surface area contributed by atoms with Crippen molar-refractivity contribution in [3.8, 4) is 5.75 Å². The first kappa shape index (κ1) is 12.4. The molecule has 4 nitrogen and oxygen atoms in total. The molecule has 2 aromatic carbocycles. The van der Waals surface area contributed by atoms with E-state index in [1.54, 1.807) is 0 Å². The number of hydrogen-bond acceptors (Lipinski definition) is 4. The second-order valence-electron chi connectivity index (χ2n) is 4.47. The van der Waals surface area contributed by atoms with Gasteiger partial charge in [-0.25, -0.2) is 10.8 Å². The van der Waals surface area contributed by atoms with Gasteiger partial charge in [0.15, 0.2) is 0 Å². The Balaban J connectivity index is 1.81. The molecule has 3 aromatic rings. The molecule has 0 aliphatic rings. The number of nitrogen functional groups attached to an aromatic ring is 1. The average molecular weight is 265 g/mol. The van der Waals surface area contributed by atoms with Crippen LogP contribution in [-0.2, 0) is 6.61 Å². The van der Waals surface area contributed by atoms with E-state index in [0.29, 0.717) is 12.4 Å². The molecule has 0 bridgehead atoms. The molecule has 0 fully saturated rings. The van der Waals surface area contributed by atoms with Gasteiger partial charge in [0, 0.05) is 11.5 Å². The molecular formula is C16H15N3O. The molecule has 0 saturated carbocycles. The Kier molecular flexibility index (Phi) is 3.48. The van der Waals surface area contributed by atoms with E-state index in [2.05, 4.69) is 10.4 Å². The quantitative estimate of drug-likeness (QED) is 0.562. The fourth-order valence-corrected chi connectivity index (χ4v) is 2.01. The predicted octanol–water partition coefficient (Wildman–Crippen LogP) is 3.10. The number of rotatable bonds is 4. The SMILES string of the molecule is NNc1ccc2ccc(OCc3ccccc3)cc2n1. The average Bonchev–Trinajstić information content (AvgIpc) is 2.53. The van der Waals surface area contributed by atoms with Gasteiger partial charge in [-0.3, -0.25) is 0 Å². The van der Waals surface area contributed by atoms with Crippen LogP contribution in [0.15, 0.2) is 60.7 Å². The van der Waals surface area contributed by atoms with E-state index in [9.17, 15) is 0 Å². The summed E-state index contributed by atoms with van der Waals surface area (Å²) in [5.41, 5.74) is 4.53. The number of nitrogens with one attached hydrogen (secondary N) is 1. The summed E-state index contributed by atoms with van der Waals surface area (Å²) in [6.07, 6.45) is 0. The molecule has 0 aliphatic carbocycles. The largest absolute Gasteiger partial charge is 0.489 e. The van der Waals surface area contributed by atoms with Gasteiger partial charge >= 0.3 is 0 Å². The Morgan fingerprint density at radius 2 is 1.80 bits per heavy atom. The Labute approximate surface area is 117 Å². The molecule has 0 radical (unpaired) electrons. The summed E-state index contributed by atoms with van der Waals surface area (Å²) in [7, 11) is 0. The van der Waals surface area contributed by atoms with Crippen molar-refractivity contribution in [1.29, 1.82) is 0 Å². The van der Waals surface area contributed by atoms with Crippen molar-refractivity contribution in [2.75, 3.05) is 5.43 Å². The predicted molar refractivity (Wildman–Crippen MR) is 80.3 cm³/mol. The zero-order valence-electron chi connectivity index (χ0n) is 10.9. The van der Waals surface area contributed by atoms with E-state index >= 15 is 0 Å². The molecular weight excluding hydrogens is 250 g/mol. The van der Waals surface area contributed by atoms with E-state index in [1.807, 2.05) is 60.7 Å². The van der Waals surface area contributed by atoms with Crippen LogP contribution in [0.1, 0.15) is 5.56 Å². The van der Waals surface area contributed by atoms with Crippen LogP contribution < -0.4 is 16.0 Å². The molecule has 1 aromatic heterocycles. The Hall–Kier alpha value is -2.59. The number of nitrogens with zero attached hydrogens (tertiary/aromatic N) is 1. The molecule has 0 unspecified atom stereocenters. The van der Waals surface area contributed by atoms with Crippen LogP contribution in [0.3, 0.4) is 0 Å². The number of hydrazine groups is 1. The van der Waals surface area contributed by atoms with Crippen molar-refractivity contribution < 1.29 is 4.74 Å². The van der Waals surface area contributed by atoms with Crippen molar-refractivity contribution in [3.63, 3.8) is 0 Å². The first-order chi connectivity index (χ1) is 9.85. The van der Waals surface area contributed by atoms with Crippen LogP contribution in [0.25, 0.3) is 10.9 Å². The van der Waals surface area contributed by atoms with Crippen LogP contribution in [0, 0.1) is 0 Å². The maximum absolute atomic E-state index is 5.78. The minimum absolute atomic E-state index is 0.543. The van der Waals surface area contributed by atoms with Crippen molar-refractivity contribution in [1.82, 2.24) is 4.98 Å². The van der Waals surface area contributed by atoms with E-state index in [4.69, 9.17) is 10.6 Å². The highest BCUT2D eigenvalue weighted by Crippen LogP contribution is 2.21. The van der Waals surface area contributed by atoms with Gasteiger partial charge in [-0.05, 0) is 29.8 Å². The second-order valence-corrected chi connectivity index (χ2v) is 4.47. The van der Waals surface area contributed by atoms with Gasteiger partial charge in [0.1, 0.15) is 18.2 Å². The van der Waals surface area contributed by atoms with Crippen LogP contribution >= 0.6 is 0 Å². The first-order valence-electron chi connectivity index (χ1n) is 6.39. The van der Waals surface area contributed by atoms with Gasteiger partial charge in [0.05, 0.1) is 5.52 Å². The minimum Gasteiger partial charge on any atom is -0.489 e. The molecule has 20 heavy (non-hydrogen) atoms. The topological polar surface area (TPSA) is 60.2 Å². The van der Waals surface area contributed by atoms with Gasteiger partial charge in [0.2, 0.25) is 0 Å². The molecule has 1 heterocycles. The van der Waals surface area contributed by atoms with Crippen LogP contribution in [0.5, 0.6) is 5.75 Å². The number of aromatic nitrogens is 1. The van der Waals surface area contributed by atoms with Gasteiger partial charge in [-0.1, -0.05) is 30.3 Å². The third-order valence-electron chi connectivity index (χ3n) is 3.06. The zero-order chi connectivity index (χ0) is 13.8. The number of fused-ring (bicyclic) bond motifs is 1. The highest BCUT2D eigenvalue weighted by Gasteiger charge is 2.01. The zero-order valence-corrected chi connectivity index (χ0v) is 10.9. The van der Waals surface area contributed by atoms with Gasteiger partial charge < -0.3 is 10.2 Å². The number of nitrogens with two attached hydrogens (primary N) is 1. The summed E-state index contributed by atoms with van der Waals surface area (Å²) >= 11 is 0. The summed E-state index contributed by atoms with van der Waals surface area (Å²) in [4.78, 5) is 4.39. The van der Waals surface area contributed by atoms with E-state index in [1.165, 1.54) is 0 Å². The lowest BCUT2D eigenvalue weighted by molar-refractivity contribution is 0.306. The first-order valence-corrected chi connectivity index (χ1v) is 6.39. The summed E-state index contributed by atoms with van der Waals surface area (Å²) < 4.78 is 5.78. The lowest BCUT2D eigenvalue weighted by Gasteiger charge is -2.08. The van der Waals surface area contributed by atoms with Crippen LogP contribution in [-0.4, -0.2) is 4.98 Å². The van der Waals surface area contributed by atoms with E-state index < -0.39 is 0 Å². The minimum atomic E-state index is 0.543. The lowest BCUT2D eigenvalue weighted by atomic mass is 10.2. The third-order valence-corrected chi connectivity index (χ3v) is 3.06. The Bertz CT molecular complexity index is 713. The van der Waals surface area contributed by atoms with E-state index in [-0.39, 0.29) is 0 Å². The van der Waals surface area contributed by atoms with Gasteiger partial charge in [0.25, 0.3) is 0 Å². The summed E-state index contributed by atoms with van der Waals surface area (Å²) in [5, 5.41) is 1.05. The molecule has 0 aliphatic heterocycles. The molecule has 100 valence electrons. The Morgan fingerprint density at radius 1 is 1.00 bits per heavy atom. The third kappa shape index (κ3) is 2.70. The fourth-order valence-electron chi connectivity index (χ4n) is 2.01. The maximum atomic E-state index is 5.78. The highest BCUT2D eigenvalue weighted by molar-refractivity contribution is 5.81. The van der Waals surface area contributed by atoms with Crippen LogP contribution in [0.4, 0.5) is 5.82 Å². The molecule has 4 heteroatoms. The molecule has 0 amide bonds. The van der Waals surface area contributed by atoms with E-state index in [0.717, 1.165) is 22.2 Å². The van der Waals surface area contributed by atoms with Gasteiger partial charge in [-0.15, -0.1) is 0 Å². The maximum Gasteiger partial charge on any atom is 0.140 e. The van der Waals surface area contributed by atoms with Crippen molar-refractivity contribution >= 4 is 16.7 Å². The molecule has 3 N–H and O–H groups in total. The number of ether oxygens (including phenoxy) is 1. The molecule has 0 spiro atoms. The molecule has 0 saturated heterocycles. The fraction of sp³-hybridized carbons (Fsp3) is 0.0625. The Morgan fingerprint density at radius 3 is 2.60 bits per heavy atom. The van der Waals surface area contributed by atoms with Crippen molar-refractivity contribution in [2.24, 2.45) is 5.84 Å². The molecule has 3 rings (SSSR count). The monoisotopic (exact) mass is 265 g/mol. The highest BCUT2D eigenvalue weighted by atomic mass is 16.5. The number of anilines is 1. The number of benzene rings is 2.